The number of nitrogens with one attached hydrogen (secondary N) is 1. The Kier molecular flexibility index (Phi) is 4.57. The van der Waals surface area contributed by atoms with Gasteiger partial charge in [0.05, 0.1) is 10.9 Å². The first-order valence-corrected chi connectivity index (χ1v) is 8.68. The Bertz CT molecular complexity index is 708. The molecule has 0 spiro atoms. The van der Waals surface area contributed by atoms with Crippen molar-refractivity contribution in [2.45, 2.75) is 26.8 Å². The summed E-state index contributed by atoms with van der Waals surface area (Å²) in [7, 11) is 0. The zero-order chi connectivity index (χ0) is 16.4. The molecule has 4 nitrogen and oxygen atoms in total. The number of carbonyl (C=O) groups is 1. The molecule has 122 valence electrons. The molecule has 0 fully saturated rings. The van der Waals surface area contributed by atoms with E-state index >= 15 is 0 Å². The summed E-state index contributed by atoms with van der Waals surface area (Å²) in [5, 5.41) is 5.10. The van der Waals surface area contributed by atoms with Crippen LogP contribution in [0, 0.1) is 12.8 Å². The van der Waals surface area contributed by atoms with Gasteiger partial charge in [0.2, 0.25) is 0 Å². The molecule has 2 heterocycles. The van der Waals surface area contributed by atoms with Gasteiger partial charge in [0.25, 0.3) is 5.91 Å². The summed E-state index contributed by atoms with van der Waals surface area (Å²) in [6.45, 7) is 7.30. The minimum atomic E-state index is -0.0696. The van der Waals surface area contributed by atoms with Crippen LogP contribution in [0.3, 0.4) is 0 Å². The van der Waals surface area contributed by atoms with E-state index in [2.05, 4.69) is 19.2 Å². The van der Waals surface area contributed by atoms with Gasteiger partial charge in [0, 0.05) is 0 Å². The predicted octanol–water partition coefficient (Wildman–Crippen LogP) is 3.95. The molecule has 1 amide bonds. The quantitative estimate of drug-likeness (QED) is 0.922. The van der Waals surface area contributed by atoms with Gasteiger partial charge in [-0.3, -0.25) is 4.79 Å². The van der Waals surface area contributed by atoms with Crippen molar-refractivity contribution in [3.63, 3.8) is 0 Å². The Morgan fingerprint density at radius 3 is 2.57 bits per heavy atom. The lowest BCUT2D eigenvalue weighted by molar-refractivity contribution is 0.0929. The Morgan fingerprint density at radius 1 is 1.17 bits per heavy atom. The zero-order valence-corrected chi connectivity index (χ0v) is 14.4. The first-order chi connectivity index (χ1) is 11.1. The van der Waals surface area contributed by atoms with Crippen LogP contribution in [0.1, 0.15) is 40.7 Å². The van der Waals surface area contributed by atoms with E-state index in [4.69, 9.17) is 9.47 Å². The summed E-state index contributed by atoms with van der Waals surface area (Å²) < 4.78 is 11.2. The maximum Gasteiger partial charge on any atom is 0.262 e. The normalized spacial score (nSPS) is 14.6. The number of fused-ring (bicyclic) bond motifs is 1. The number of hydrogen-bond acceptors (Lipinski definition) is 4. The molecule has 1 aliphatic rings. The first-order valence-electron chi connectivity index (χ1n) is 7.80. The monoisotopic (exact) mass is 331 g/mol. The van der Waals surface area contributed by atoms with E-state index in [0.717, 1.165) is 27.5 Å². The molecule has 0 saturated heterocycles. The van der Waals surface area contributed by atoms with Gasteiger partial charge in [-0.25, -0.2) is 0 Å². The number of amides is 1. The number of thiophene rings is 1. The van der Waals surface area contributed by atoms with Crippen LogP contribution in [0.25, 0.3) is 0 Å². The molecule has 0 aliphatic carbocycles. The van der Waals surface area contributed by atoms with E-state index in [1.54, 1.807) is 0 Å². The summed E-state index contributed by atoms with van der Waals surface area (Å²) >= 11 is 1.47. The summed E-state index contributed by atoms with van der Waals surface area (Å²) in [4.78, 5) is 13.3. The molecule has 1 aromatic heterocycles. The molecular formula is C18H21NO3S. The Morgan fingerprint density at radius 2 is 1.91 bits per heavy atom. The lowest BCUT2D eigenvalue weighted by atomic mass is 9.95. The van der Waals surface area contributed by atoms with Gasteiger partial charge < -0.3 is 14.8 Å². The molecule has 1 aliphatic heterocycles. The molecule has 2 aromatic rings. The van der Waals surface area contributed by atoms with Gasteiger partial charge in [-0.1, -0.05) is 19.9 Å². The molecule has 23 heavy (non-hydrogen) atoms. The van der Waals surface area contributed by atoms with Gasteiger partial charge >= 0.3 is 0 Å². The average Bonchev–Trinajstić information content (AvgIpc) is 2.98. The molecule has 5 heteroatoms. The highest BCUT2D eigenvalue weighted by molar-refractivity contribution is 7.12. The third-order valence-electron chi connectivity index (χ3n) is 3.95. The molecule has 1 atom stereocenters. The van der Waals surface area contributed by atoms with Crippen LogP contribution in [0.5, 0.6) is 11.5 Å². The third kappa shape index (κ3) is 3.34. The van der Waals surface area contributed by atoms with Crippen LogP contribution in [-0.2, 0) is 0 Å². The van der Waals surface area contributed by atoms with E-state index in [1.165, 1.54) is 11.3 Å². The molecule has 1 N–H and O–H groups in total. The van der Waals surface area contributed by atoms with E-state index in [0.29, 0.717) is 13.2 Å². The third-order valence-corrected chi connectivity index (χ3v) is 4.96. The Labute approximate surface area is 140 Å². The van der Waals surface area contributed by atoms with Gasteiger partial charge in [-0.05, 0) is 47.5 Å². The summed E-state index contributed by atoms with van der Waals surface area (Å²) in [6, 6.07) is 7.79. The van der Waals surface area contributed by atoms with E-state index in [9.17, 15) is 4.79 Å². The van der Waals surface area contributed by atoms with Crippen molar-refractivity contribution in [2.75, 3.05) is 13.2 Å². The summed E-state index contributed by atoms with van der Waals surface area (Å²) in [5.74, 6) is 1.76. The highest BCUT2D eigenvalue weighted by Gasteiger charge is 2.23. The van der Waals surface area contributed by atoms with Crippen LogP contribution < -0.4 is 14.8 Å². The van der Waals surface area contributed by atoms with Gasteiger partial charge in [0.15, 0.2) is 11.5 Å². The van der Waals surface area contributed by atoms with E-state index in [1.807, 2.05) is 36.6 Å². The Balaban J connectivity index is 1.84. The van der Waals surface area contributed by atoms with Crippen molar-refractivity contribution in [3.8, 4) is 11.5 Å². The molecular weight excluding hydrogens is 310 g/mol. The number of aryl methyl sites for hydroxylation is 1. The second-order valence-corrected chi connectivity index (χ2v) is 6.95. The number of ether oxygens (including phenoxy) is 2. The van der Waals surface area contributed by atoms with Crippen LogP contribution >= 0.6 is 11.3 Å². The maximum absolute atomic E-state index is 12.5. The highest BCUT2D eigenvalue weighted by Crippen LogP contribution is 2.34. The molecule has 0 saturated carbocycles. The molecule has 0 bridgehead atoms. The van der Waals surface area contributed by atoms with Crippen molar-refractivity contribution in [1.82, 2.24) is 5.32 Å². The van der Waals surface area contributed by atoms with Crippen LogP contribution in [-0.4, -0.2) is 19.1 Å². The molecule has 1 unspecified atom stereocenters. The number of benzene rings is 1. The van der Waals surface area contributed by atoms with E-state index < -0.39 is 0 Å². The fourth-order valence-corrected chi connectivity index (χ4v) is 3.53. The average molecular weight is 331 g/mol. The maximum atomic E-state index is 12.5. The highest BCUT2D eigenvalue weighted by atomic mass is 32.1. The van der Waals surface area contributed by atoms with Gasteiger partial charge in [0.1, 0.15) is 13.2 Å². The van der Waals surface area contributed by atoms with Gasteiger partial charge in [-0.15, -0.1) is 11.3 Å². The first kappa shape index (κ1) is 15.9. The minimum Gasteiger partial charge on any atom is -0.486 e. The fraction of sp³-hybridized carbons (Fsp3) is 0.389. The fourth-order valence-electron chi connectivity index (χ4n) is 2.70. The van der Waals surface area contributed by atoms with Crippen molar-refractivity contribution < 1.29 is 14.3 Å². The Hall–Kier alpha value is -2.01. The zero-order valence-electron chi connectivity index (χ0n) is 13.6. The smallest absolute Gasteiger partial charge is 0.262 e. The molecule has 1 aromatic carbocycles. The van der Waals surface area contributed by atoms with Crippen molar-refractivity contribution >= 4 is 17.2 Å². The van der Waals surface area contributed by atoms with Crippen molar-refractivity contribution in [2.24, 2.45) is 5.92 Å². The van der Waals surface area contributed by atoms with Crippen LogP contribution in [0.2, 0.25) is 0 Å². The van der Waals surface area contributed by atoms with Gasteiger partial charge in [-0.2, -0.15) is 0 Å². The number of hydrogen-bond donors (Lipinski definition) is 1. The SMILES string of the molecule is Cc1ccsc1C(=O)NC(c1ccc2c(c1)OCCO2)C(C)C. The predicted molar refractivity (Wildman–Crippen MR) is 91.5 cm³/mol. The number of rotatable bonds is 4. The minimum absolute atomic E-state index is 0.0221. The van der Waals surface area contributed by atoms with Crippen molar-refractivity contribution in [3.05, 3.63) is 45.6 Å². The lowest BCUT2D eigenvalue weighted by Crippen LogP contribution is -2.31. The lowest BCUT2D eigenvalue weighted by Gasteiger charge is -2.25. The standard InChI is InChI=1S/C18H21NO3S/c1-11(2)16(19-18(20)17-12(3)6-9-23-17)13-4-5-14-15(10-13)22-8-7-21-14/h4-6,9-11,16H,7-8H2,1-3H3,(H,19,20). The second kappa shape index (κ2) is 6.62. The summed E-state index contributed by atoms with van der Waals surface area (Å²) in [5.41, 5.74) is 2.05. The largest absolute Gasteiger partial charge is 0.486 e. The van der Waals surface area contributed by atoms with Crippen LogP contribution in [0.4, 0.5) is 0 Å². The second-order valence-electron chi connectivity index (χ2n) is 6.03. The molecule has 0 radical (unpaired) electrons. The molecule has 3 rings (SSSR count). The van der Waals surface area contributed by atoms with Crippen LogP contribution in [0.15, 0.2) is 29.6 Å². The number of carbonyl (C=O) groups excluding carboxylic acids is 1. The summed E-state index contributed by atoms with van der Waals surface area (Å²) in [6.07, 6.45) is 0. The topological polar surface area (TPSA) is 47.6 Å². The van der Waals surface area contributed by atoms with Crippen molar-refractivity contribution in [1.29, 1.82) is 0 Å². The van der Waals surface area contributed by atoms with E-state index in [-0.39, 0.29) is 17.9 Å².